The molecule has 0 radical (unpaired) electrons. The first-order valence-corrected chi connectivity index (χ1v) is 6.04. The largest absolute Gasteiger partial charge is 0.491 e. The summed E-state index contributed by atoms with van der Waals surface area (Å²) in [6, 6.07) is 3.77. The van der Waals surface area contributed by atoms with Crippen molar-refractivity contribution in [2.75, 3.05) is 27.2 Å². The van der Waals surface area contributed by atoms with E-state index in [1.54, 1.807) is 19.0 Å². The normalized spacial score (nSPS) is 10.2. The van der Waals surface area contributed by atoms with E-state index in [1.807, 2.05) is 19.1 Å². The van der Waals surface area contributed by atoms with Crippen LogP contribution in [0.2, 0.25) is 0 Å². The maximum atomic E-state index is 11.4. The molecular formula is C13H21N3O2. The van der Waals surface area contributed by atoms with Crippen molar-refractivity contribution in [3.8, 4) is 5.75 Å². The van der Waals surface area contributed by atoms with Gasteiger partial charge >= 0.3 is 0 Å². The molecule has 5 nitrogen and oxygen atoms in total. The van der Waals surface area contributed by atoms with Crippen LogP contribution in [-0.2, 0) is 11.2 Å². The molecule has 0 spiro atoms. The molecule has 0 aromatic carbocycles. The van der Waals surface area contributed by atoms with Crippen LogP contribution in [0.25, 0.3) is 0 Å². The molecule has 1 rings (SSSR count). The van der Waals surface area contributed by atoms with Crippen molar-refractivity contribution < 1.29 is 9.53 Å². The van der Waals surface area contributed by atoms with Crippen molar-refractivity contribution in [2.45, 2.75) is 19.8 Å². The number of amides is 1. The van der Waals surface area contributed by atoms with Crippen LogP contribution in [0.1, 0.15) is 17.8 Å². The lowest BCUT2D eigenvalue weighted by molar-refractivity contribution is -0.129. The number of pyridine rings is 1. The Morgan fingerprint density at radius 3 is 2.78 bits per heavy atom. The molecule has 5 heteroatoms. The lowest BCUT2D eigenvalue weighted by Crippen LogP contribution is -2.23. The van der Waals surface area contributed by atoms with E-state index < -0.39 is 0 Å². The van der Waals surface area contributed by atoms with Gasteiger partial charge in [-0.2, -0.15) is 0 Å². The van der Waals surface area contributed by atoms with Crippen LogP contribution in [0.15, 0.2) is 12.1 Å². The van der Waals surface area contributed by atoms with Crippen LogP contribution < -0.4 is 10.5 Å². The zero-order valence-corrected chi connectivity index (χ0v) is 11.3. The first kappa shape index (κ1) is 14.4. The summed E-state index contributed by atoms with van der Waals surface area (Å²) in [5.41, 5.74) is 7.34. The number of nitrogens with zero attached hydrogens (tertiary/aromatic N) is 2. The lowest BCUT2D eigenvalue weighted by atomic mass is 10.2. The van der Waals surface area contributed by atoms with E-state index >= 15 is 0 Å². The van der Waals surface area contributed by atoms with E-state index in [-0.39, 0.29) is 5.91 Å². The van der Waals surface area contributed by atoms with Gasteiger partial charge in [0, 0.05) is 26.2 Å². The first-order chi connectivity index (χ1) is 8.54. The molecular weight excluding hydrogens is 230 g/mol. The maximum Gasteiger partial charge on any atom is 0.225 e. The van der Waals surface area contributed by atoms with Crippen molar-refractivity contribution in [1.29, 1.82) is 0 Å². The fourth-order valence-corrected chi connectivity index (χ4v) is 1.52. The van der Waals surface area contributed by atoms with Crippen LogP contribution in [-0.4, -0.2) is 43.0 Å². The summed E-state index contributed by atoms with van der Waals surface area (Å²) in [6.07, 6.45) is 1.04. The van der Waals surface area contributed by atoms with Gasteiger partial charge in [0.2, 0.25) is 5.91 Å². The Kier molecular flexibility index (Phi) is 5.58. The highest BCUT2D eigenvalue weighted by Gasteiger charge is 2.08. The van der Waals surface area contributed by atoms with E-state index in [4.69, 9.17) is 10.5 Å². The van der Waals surface area contributed by atoms with Gasteiger partial charge in [-0.15, -0.1) is 0 Å². The molecule has 0 saturated heterocycles. The minimum atomic E-state index is 0.0513. The molecule has 0 atom stereocenters. The van der Waals surface area contributed by atoms with Gasteiger partial charge in [-0.05, 0) is 25.6 Å². The Labute approximate surface area is 108 Å². The number of carbonyl (C=O) groups is 1. The molecule has 1 heterocycles. The van der Waals surface area contributed by atoms with Gasteiger partial charge in [0.25, 0.3) is 0 Å². The van der Waals surface area contributed by atoms with Gasteiger partial charge in [-0.25, -0.2) is 0 Å². The summed E-state index contributed by atoms with van der Waals surface area (Å²) < 4.78 is 5.60. The number of rotatable bonds is 6. The molecule has 2 N–H and O–H groups in total. The van der Waals surface area contributed by atoms with E-state index in [9.17, 15) is 4.79 Å². The molecule has 0 saturated carbocycles. The molecule has 0 fully saturated rings. The lowest BCUT2D eigenvalue weighted by Gasteiger charge is -2.13. The number of aryl methyl sites for hydroxylation is 1. The van der Waals surface area contributed by atoms with Crippen molar-refractivity contribution >= 4 is 5.91 Å². The number of aromatic nitrogens is 1. The van der Waals surface area contributed by atoms with Crippen molar-refractivity contribution in [3.63, 3.8) is 0 Å². The standard InChI is InChI=1S/C13H21N3O2/c1-10-4-5-12(11(15-10)6-8-14)18-9-7-13(17)16(2)3/h4-5H,6-9,14H2,1-3H3. The number of nitrogens with two attached hydrogens (primary N) is 1. The van der Waals surface area contributed by atoms with Crippen molar-refractivity contribution in [3.05, 3.63) is 23.5 Å². The van der Waals surface area contributed by atoms with Gasteiger partial charge < -0.3 is 15.4 Å². The van der Waals surface area contributed by atoms with E-state index in [2.05, 4.69) is 4.98 Å². The second kappa shape index (κ2) is 6.96. The van der Waals surface area contributed by atoms with E-state index in [0.29, 0.717) is 26.0 Å². The Bertz CT molecular complexity index is 405. The quantitative estimate of drug-likeness (QED) is 0.810. The molecule has 0 aliphatic rings. The monoisotopic (exact) mass is 251 g/mol. The Morgan fingerprint density at radius 1 is 1.44 bits per heavy atom. The molecule has 1 aromatic heterocycles. The molecule has 0 bridgehead atoms. The SMILES string of the molecule is Cc1ccc(OCCC(=O)N(C)C)c(CCN)n1. The Hall–Kier alpha value is -1.62. The average molecular weight is 251 g/mol. The Morgan fingerprint density at radius 2 is 2.17 bits per heavy atom. The van der Waals surface area contributed by atoms with Gasteiger partial charge in [0.15, 0.2) is 0 Å². The average Bonchev–Trinajstić information content (AvgIpc) is 2.32. The Balaban J connectivity index is 2.58. The highest BCUT2D eigenvalue weighted by atomic mass is 16.5. The topological polar surface area (TPSA) is 68.5 Å². The number of ether oxygens (including phenoxy) is 1. The minimum absolute atomic E-state index is 0.0513. The third-order valence-electron chi connectivity index (χ3n) is 2.53. The van der Waals surface area contributed by atoms with Gasteiger partial charge in [-0.1, -0.05) is 0 Å². The van der Waals surface area contributed by atoms with Crippen LogP contribution >= 0.6 is 0 Å². The number of carbonyl (C=O) groups excluding carboxylic acids is 1. The molecule has 1 amide bonds. The summed E-state index contributed by atoms with van der Waals surface area (Å²) in [5.74, 6) is 0.771. The molecule has 18 heavy (non-hydrogen) atoms. The molecule has 0 unspecified atom stereocenters. The van der Waals surface area contributed by atoms with E-state index in [1.165, 1.54) is 0 Å². The zero-order chi connectivity index (χ0) is 13.5. The minimum Gasteiger partial charge on any atom is -0.491 e. The summed E-state index contributed by atoms with van der Waals surface area (Å²) >= 11 is 0. The van der Waals surface area contributed by atoms with Gasteiger partial charge in [0.1, 0.15) is 5.75 Å². The summed E-state index contributed by atoms with van der Waals surface area (Å²) in [6.45, 7) is 2.82. The van der Waals surface area contributed by atoms with Crippen molar-refractivity contribution in [1.82, 2.24) is 9.88 Å². The summed E-state index contributed by atoms with van der Waals surface area (Å²) in [5, 5.41) is 0. The van der Waals surface area contributed by atoms with Crippen LogP contribution in [0.3, 0.4) is 0 Å². The molecule has 0 aliphatic carbocycles. The predicted octanol–water partition coefficient (Wildman–Crippen LogP) is 0.748. The van der Waals surface area contributed by atoms with Crippen molar-refractivity contribution in [2.24, 2.45) is 5.73 Å². The highest BCUT2D eigenvalue weighted by molar-refractivity contribution is 5.75. The number of hydrogen-bond donors (Lipinski definition) is 1. The summed E-state index contributed by atoms with van der Waals surface area (Å²) in [4.78, 5) is 17.4. The van der Waals surface area contributed by atoms with Crippen LogP contribution in [0.4, 0.5) is 0 Å². The second-order valence-electron chi connectivity index (χ2n) is 4.32. The van der Waals surface area contributed by atoms with Crippen LogP contribution in [0.5, 0.6) is 5.75 Å². The fraction of sp³-hybridized carbons (Fsp3) is 0.538. The van der Waals surface area contributed by atoms with Gasteiger partial charge in [0.05, 0.1) is 18.7 Å². The highest BCUT2D eigenvalue weighted by Crippen LogP contribution is 2.17. The summed E-state index contributed by atoms with van der Waals surface area (Å²) in [7, 11) is 3.46. The second-order valence-corrected chi connectivity index (χ2v) is 4.32. The fourth-order valence-electron chi connectivity index (χ4n) is 1.52. The molecule has 1 aromatic rings. The smallest absolute Gasteiger partial charge is 0.225 e. The molecule has 0 aliphatic heterocycles. The third-order valence-corrected chi connectivity index (χ3v) is 2.53. The van der Waals surface area contributed by atoms with Crippen LogP contribution in [0, 0.1) is 6.92 Å². The maximum absolute atomic E-state index is 11.4. The zero-order valence-electron chi connectivity index (χ0n) is 11.3. The number of hydrogen-bond acceptors (Lipinski definition) is 4. The molecule has 100 valence electrons. The van der Waals surface area contributed by atoms with E-state index in [0.717, 1.165) is 17.1 Å². The third kappa shape index (κ3) is 4.33. The predicted molar refractivity (Wildman–Crippen MR) is 70.5 cm³/mol. The van der Waals surface area contributed by atoms with Gasteiger partial charge in [-0.3, -0.25) is 9.78 Å². The first-order valence-electron chi connectivity index (χ1n) is 6.04.